The van der Waals surface area contributed by atoms with Crippen molar-refractivity contribution in [2.45, 2.75) is 31.3 Å². The van der Waals surface area contributed by atoms with Crippen LogP contribution < -0.4 is 4.74 Å². The summed E-state index contributed by atoms with van der Waals surface area (Å²) in [6, 6.07) is 11.9. The Bertz CT molecular complexity index is 1040. The number of piperidine rings is 1. The van der Waals surface area contributed by atoms with Gasteiger partial charge in [-0.05, 0) is 55.7 Å². The van der Waals surface area contributed by atoms with Gasteiger partial charge < -0.3 is 19.3 Å². The van der Waals surface area contributed by atoms with E-state index in [0.29, 0.717) is 39.5 Å². The Hall–Kier alpha value is -1.99. The van der Waals surface area contributed by atoms with Gasteiger partial charge in [0.2, 0.25) is 5.91 Å². The first kappa shape index (κ1) is 25.1. The molecule has 2 amide bonds. The van der Waals surface area contributed by atoms with E-state index in [1.165, 1.54) is 0 Å². The van der Waals surface area contributed by atoms with E-state index < -0.39 is 5.60 Å². The summed E-state index contributed by atoms with van der Waals surface area (Å²) in [5.41, 5.74) is -0.552. The molecule has 0 aliphatic carbocycles. The van der Waals surface area contributed by atoms with Gasteiger partial charge in [-0.2, -0.15) is 0 Å². The van der Waals surface area contributed by atoms with Gasteiger partial charge in [0.15, 0.2) is 0 Å². The molecule has 2 aromatic carbocycles. The largest absolute Gasteiger partial charge is 0.490 e. The Morgan fingerprint density at radius 3 is 2.47 bits per heavy atom. The molecule has 34 heavy (non-hydrogen) atoms. The smallest absolute Gasteiger partial charge is 0.254 e. The average molecular weight is 526 g/mol. The maximum absolute atomic E-state index is 13.3. The zero-order valence-corrected chi connectivity index (χ0v) is 21.0. The molecule has 0 aromatic heterocycles. The van der Waals surface area contributed by atoms with Gasteiger partial charge in [0, 0.05) is 30.2 Å². The first-order chi connectivity index (χ1) is 16.3. The molecular weight excluding hydrogens is 499 g/mol. The van der Waals surface area contributed by atoms with Crippen LogP contribution in [0.1, 0.15) is 36.0 Å². The van der Waals surface area contributed by atoms with E-state index in [4.69, 9.17) is 44.3 Å². The summed E-state index contributed by atoms with van der Waals surface area (Å²) in [6.07, 6.45) is 3.26. The highest BCUT2D eigenvalue weighted by atomic mass is 35.5. The highest BCUT2D eigenvalue weighted by Gasteiger charge is 2.42. The summed E-state index contributed by atoms with van der Waals surface area (Å²) in [7, 11) is 0. The van der Waals surface area contributed by atoms with Crippen LogP contribution in [0.5, 0.6) is 5.75 Å². The van der Waals surface area contributed by atoms with Gasteiger partial charge in [-0.3, -0.25) is 9.59 Å². The molecule has 0 N–H and O–H groups in total. The monoisotopic (exact) mass is 524 g/mol. The number of amides is 2. The Balaban J connectivity index is 1.54. The Morgan fingerprint density at radius 1 is 0.941 bits per heavy atom. The van der Waals surface area contributed by atoms with Crippen LogP contribution >= 0.6 is 34.8 Å². The van der Waals surface area contributed by atoms with Gasteiger partial charge in [0.05, 0.1) is 29.6 Å². The zero-order valence-electron chi connectivity index (χ0n) is 18.8. The van der Waals surface area contributed by atoms with Crippen LogP contribution in [0.25, 0.3) is 0 Å². The molecule has 4 rings (SSSR count). The number of halogens is 3. The minimum Gasteiger partial charge on any atom is -0.490 e. The lowest BCUT2D eigenvalue weighted by Crippen LogP contribution is -2.58. The summed E-state index contributed by atoms with van der Waals surface area (Å²) >= 11 is 18.2. The van der Waals surface area contributed by atoms with E-state index >= 15 is 0 Å². The number of carbonyl (C=O) groups is 2. The zero-order chi connectivity index (χ0) is 24.1. The van der Waals surface area contributed by atoms with Crippen molar-refractivity contribution in [2.75, 3.05) is 39.4 Å². The predicted octanol–water partition coefficient (Wildman–Crippen LogP) is 5.34. The van der Waals surface area contributed by atoms with E-state index in [0.717, 1.165) is 32.4 Å². The quantitative estimate of drug-likeness (QED) is 0.511. The van der Waals surface area contributed by atoms with Crippen LogP contribution in [0.2, 0.25) is 15.1 Å². The molecule has 9 heteroatoms. The molecule has 2 heterocycles. The van der Waals surface area contributed by atoms with Crippen LogP contribution in [0, 0.1) is 0 Å². The molecule has 2 fully saturated rings. The van der Waals surface area contributed by atoms with E-state index in [2.05, 4.69) is 0 Å². The molecule has 2 aromatic rings. The number of nitrogens with zero attached hydrogens (tertiary/aromatic N) is 2. The number of hydrogen-bond acceptors (Lipinski definition) is 4. The predicted molar refractivity (Wildman–Crippen MR) is 133 cm³/mol. The molecule has 2 aliphatic rings. The number of rotatable bonds is 6. The van der Waals surface area contributed by atoms with Gasteiger partial charge in [0.25, 0.3) is 5.91 Å². The van der Waals surface area contributed by atoms with Crippen LogP contribution in [0.15, 0.2) is 42.5 Å². The second-order valence-corrected chi connectivity index (χ2v) is 10.0. The van der Waals surface area contributed by atoms with Crippen molar-refractivity contribution in [3.05, 3.63) is 63.1 Å². The molecule has 2 aliphatic heterocycles. The molecular formula is C25H27Cl3N2O4. The fraction of sp³-hybridized carbons (Fsp3) is 0.440. The molecule has 182 valence electrons. The molecule has 2 saturated heterocycles. The van der Waals surface area contributed by atoms with Gasteiger partial charge in [-0.25, -0.2) is 0 Å². The third-order valence-electron chi connectivity index (χ3n) is 6.18. The summed E-state index contributed by atoms with van der Waals surface area (Å²) in [5.74, 6) is 0.395. The van der Waals surface area contributed by atoms with E-state index in [1.807, 2.05) is 4.90 Å². The molecule has 0 radical (unpaired) electrons. The lowest BCUT2D eigenvalue weighted by Gasteiger charge is -2.43. The lowest BCUT2D eigenvalue weighted by atomic mass is 9.95. The molecule has 0 bridgehead atoms. The van der Waals surface area contributed by atoms with Gasteiger partial charge in [-0.15, -0.1) is 0 Å². The van der Waals surface area contributed by atoms with Crippen molar-refractivity contribution in [2.24, 2.45) is 0 Å². The van der Waals surface area contributed by atoms with Crippen molar-refractivity contribution in [1.29, 1.82) is 0 Å². The average Bonchev–Trinajstić information content (AvgIpc) is 2.85. The molecule has 0 saturated carbocycles. The van der Waals surface area contributed by atoms with Gasteiger partial charge in [-0.1, -0.05) is 40.9 Å². The SMILES string of the molecule is O=C(C[C@]1(COc2cccc(Cl)c2)CN(C(=O)c2ccc(Cl)c(Cl)c2)CCO1)N1CCCCC1. The number of benzene rings is 2. The van der Waals surface area contributed by atoms with Crippen LogP contribution in [-0.2, 0) is 9.53 Å². The minimum absolute atomic E-state index is 0.0123. The van der Waals surface area contributed by atoms with Crippen molar-refractivity contribution in [1.82, 2.24) is 9.80 Å². The number of ether oxygens (including phenoxy) is 2. The fourth-order valence-electron chi connectivity index (χ4n) is 4.38. The molecule has 0 spiro atoms. The van der Waals surface area contributed by atoms with Crippen molar-refractivity contribution in [3.63, 3.8) is 0 Å². The normalized spacial score (nSPS) is 20.8. The second-order valence-electron chi connectivity index (χ2n) is 8.75. The van der Waals surface area contributed by atoms with Crippen molar-refractivity contribution >= 4 is 46.6 Å². The van der Waals surface area contributed by atoms with Crippen LogP contribution in [0.3, 0.4) is 0 Å². The number of carbonyl (C=O) groups excluding carboxylic acids is 2. The van der Waals surface area contributed by atoms with Gasteiger partial charge >= 0.3 is 0 Å². The van der Waals surface area contributed by atoms with Crippen LogP contribution in [-0.4, -0.2) is 66.6 Å². The second kappa shape index (κ2) is 11.2. The van der Waals surface area contributed by atoms with E-state index in [9.17, 15) is 9.59 Å². The summed E-state index contributed by atoms with van der Waals surface area (Å²) in [6.45, 7) is 2.51. The number of hydrogen-bond donors (Lipinski definition) is 0. The van der Waals surface area contributed by atoms with E-state index in [1.54, 1.807) is 47.4 Å². The summed E-state index contributed by atoms with van der Waals surface area (Å²) < 4.78 is 12.2. The van der Waals surface area contributed by atoms with Crippen LogP contribution in [0.4, 0.5) is 0 Å². The Kier molecular flexibility index (Phi) is 8.25. The topological polar surface area (TPSA) is 59.1 Å². The first-order valence-corrected chi connectivity index (χ1v) is 12.5. The number of morpholine rings is 1. The first-order valence-electron chi connectivity index (χ1n) is 11.4. The highest BCUT2D eigenvalue weighted by Crippen LogP contribution is 2.29. The summed E-state index contributed by atoms with van der Waals surface area (Å²) in [4.78, 5) is 30.0. The molecule has 6 nitrogen and oxygen atoms in total. The van der Waals surface area contributed by atoms with Crippen molar-refractivity contribution < 1.29 is 19.1 Å². The molecule has 0 unspecified atom stereocenters. The number of likely N-dealkylation sites (tertiary alicyclic amines) is 1. The third kappa shape index (κ3) is 6.16. The lowest BCUT2D eigenvalue weighted by molar-refractivity contribution is -0.153. The summed E-state index contributed by atoms with van der Waals surface area (Å²) in [5, 5.41) is 1.25. The Morgan fingerprint density at radius 2 is 1.74 bits per heavy atom. The third-order valence-corrected chi connectivity index (χ3v) is 7.16. The molecule has 1 atom stereocenters. The van der Waals surface area contributed by atoms with Crippen molar-refractivity contribution in [3.8, 4) is 5.75 Å². The standard InChI is InChI=1S/C25H27Cl3N2O4/c26-19-5-4-6-20(14-19)33-17-25(15-23(31)29-9-2-1-3-10-29)16-30(11-12-34-25)24(32)18-7-8-21(27)22(28)13-18/h4-8,13-14H,1-3,9-12,15-17H2/t25-/m1/s1. The van der Waals surface area contributed by atoms with Gasteiger partial charge in [0.1, 0.15) is 18.0 Å². The Labute approximate surface area is 214 Å². The fourth-order valence-corrected chi connectivity index (χ4v) is 4.86. The van der Waals surface area contributed by atoms with E-state index in [-0.39, 0.29) is 31.4 Å². The highest BCUT2D eigenvalue weighted by molar-refractivity contribution is 6.42. The maximum Gasteiger partial charge on any atom is 0.254 e. The maximum atomic E-state index is 13.3. The minimum atomic E-state index is -0.985.